The first-order valence-electron chi connectivity index (χ1n) is 6.69. The third-order valence-corrected chi connectivity index (χ3v) is 3.46. The maximum atomic E-state index is 11.9. The number of carbonyl (C=O) groups is 1. The molecule has 110 valence electrons. The Bertz CT molecular complexity index is 596. The molecular weight excluding hydrogens is 286 g/mol. The number of rotatable bonds is 4. The van der Waals surface area contributed by atoms with Gasteiger partial charge >= 0.3 is 6.03 Å². The number of carbonyl (C=O) groups excluding carboxylic acids is 1. The van der Waals surface area contributed by atoms with Gasteiger partial charge in [-0.3, -0.25) is 0 Å². The summed E-state index contributed by atoms with van der Waals surface area (Å²) in [6.07, 6.45) is 0. The van der Waals surface area contributed by atoms with E-state index >= 15 is 0 Å². The highest BCUT2D eigenvalue weighted by Crippen LogP contribution is 2.17. The molecule has 0 aliphatic heterocycles. The lowest BCUT2D eigenvalue weighted by Gasteiger charge is -2.12. The first-order valence-corrected chi connectivity index (χ1v) is 7.07. The number of hydrogen-bond acceptors (Lipinski definition) is 2. The Balaban J connectivity index is 1.94. The van der Waals surface area contributed by atoms with Crippen LogP contribution in [-0.2, 0) is 0 Å². The Labute approximate surface area is 129 Å². The lowest BCUT2D eigenvalue weighted by Crippen LogP contribution is -2.19. The Hall–Kier alpha value is -2.04. The maximum absolute atomic E-state index is 11.9. The van der Waals surface area contributed by atoms with Gasteiger partial charge in [-0.1, -0.05) is 23.7 Å². The summed E-state index contributed by atoms with van der Waals surface area (Å²) in [7, 11) is 1.91. The van der Waals surface area contributed by atoms with Crippen molar-refractivity contribution in [1.29, 1.82) is 0 Å². The van der Waals surface area contributed by atoms with E-state index < -0.39 is 0 Å². The van der Waals surface area contributed by atoms with Crippen molar-refractivity contribution in [3.05, 3.63) is 59.1 Å². The van der Waals surface area contributed by atoms with E-state index in [0.717, 1.165) is 5.69 Å². The molecule has 0 saturated carbocycles. The third-order valence-electron chi connectivity index (χ3n) is 3.20. The molecule has 0 radical (unpaired) electrons. The zero-order chi connectivity index (χ0) is 15.2. The van der Waals surface area contributed by atoms with Crippen molar-refractivity contribution in [2.45, 2.75) is 13.0 Å². The molecule has 0 aliphatic carbocycles. The molecule has 0 spiro atoms. The van der Waals surface area contributed by atoms with E-state index in [4.69, 9.17) is 11.6 Å². The second-order valence-corrected chi connectivity index (χ2v) is 5.15. The van der Waals surface area contributed by atoms with Gasteiger partial charge in [0.1, 0.15) is 0 Å². The molecule has 0 heterocycles. The molecule has 1 unspecified atom stereocenters. The van der Waals surface area contributed by atoms with Crippen LogP contribution in [0.1, 0.15) is 18.5 Å². The van der Waals surface area contributed by atoms with Crippen molar-refractivity contribution in [1.82, 2.24) is 5.32 Å². The Kier molecular flexibility index (Phi) is 5.20. The minimum Gasteiger partial charge on any atom is -0.313 e. The van der Waals surface area contributed by atoms with Crippen LogP contribution in [0.25, 0.3) is 0 Å². The quantitative estimate of drug-likeness (QED) is 0.790. The topological polar surface area (TPSA) is 53.2 Å². The van der Waals surface area contributed by atoms with Gasteiger partial charge < -0.3 is 16.0 Å². The fourth-order valence-electron chi connectivity index (χ4n) is 1.85. The number of hydrogen-bond donors (Lipinski definition) is 3. The zero-order valence-corrected chi connectivity index (χ0v) is 12.7. The fraction of sp³-hybridized carbons (Fsp3) is 0.188. The minimum atomic E-state index is -0.285. The number of halogens is 1. The van der Waals surface area contributed by atoms with Gasteiger partial charge in [0, 0.05) is 22.4 Å². The van der Waals surface area contributed by atoms with Gasteiger partial charge in [-0.2, -0.15) is 0 Å². The molecule has 21 heavy (non-hydrogen) atoms. The average Bonchev–Trinajstić information content (AvgIpc) is 2.49. The monoisotopic (exact) mass is 303 g/mol. The summed E-state index contributed by atoms with van der Waals surface area (Å²) in [5.41, 5.74) is 2.60. The first-order chi connectivity index (χ1) is 10.1. The fourth-order valence-corrected chi connectivity index (χ4v) is 1.97. The Morgan fingerprint density at radius 3 is 1.90 bits per heavy atom. The summed E-state index contributed by atoms with van der Waals surface area (Å²) in [6.45, 7) is 2.08. The second kappa shape index (κ2) is 7.11. The van der Waals surface area contributed by atoms with Crippen LogP contribution in [0.15, 0.2) is 48.5 Å². The normalized spacial score (nSPS) is 11.8. The van der Waals surface area contributed by atoms with E-state index in [0.29, 0.717) is 10.7 Å². The van der Waals surface area contributed by atoms with E-state index in [2.05, 4.69) is 22.9 Å². The van der Waals surface area contributed by atoms with E-state index in [9.17, 15) is 4.79 Å². The molecule has 2 amide bonds. The largest absolute Gasteiger partial charge is 0.323 e. The third kappa shape index (κ3) is 4.48. The van der Waals surface area contributed by atoms with E-state index in [1.54, 1.807) is 24.3 Å². The lowest BCUT2D eigenvalue weighted by molar-refractivity contribution is 0.262. The van der Waals surface area contributed by atoms with Crippen molar-refractivity contribution < 1.29 is 4.79 Å². The minimum absolute atomic E-state index is 0.280. The SMILES string of the molecule is CNC(C)c1ccc(NC(=O)Nc2ccc(Cl)cc2)cc1. The molecule has 2 rings (SSSR count). The van der Waals surface area contributed by atoms with Gasteiger partial charge in [-0.25, -0.2) is 4.79 Å². The molecule has 1 atom stereocenters. The maximum Gasteiger partial charge on any atom is 0.323 e. The smallest absolute Gasteiger partial charge is 0.313 e. The van der Waals surface area contributed by atoms with E-state index in [1.165, 1.54) is 5.56 Å². The van der Waals surface area contributed by atoms with Crippen LogP contribution in [0.5, 0.6) is 0 Å². The van der Waals surface area contributed by atoms with Gasteiger partial charge in [0.25, 0.3) is 0 Å². The molecule has 4 nitrogen and oxygen atoms in total. The van der Waals surface area contributed by atoms with Crippen molar-refractivity contribution in [3.63, 3.8) is 0 Å². The second-order valence-electron chi connectivity index (χ2n) is 4.72. The van der Waals surface area contributed by atoms with Gasteiger partial charge in [-0.15, -0.1) is 0 Å². The highest BCUT2D eigenvalue weighted by atomic mass is 35.5. The molecule has 0 aliphatic rings. The molecule has 3 N–H and O–H groups in total. The van der Waals surface area contributed by atoms with Crippen LogP contribution in [0.4, 0.5) is 16.2 Å². The van der Waals surface area contributed by atoms with Crippen molar-refractivity contribution in [3.8, 4) is 0 Å². The summed E-state index contributed by atoms with van der Waals surface area (Å²) >= 11 is 5.80. The first kappa shape index (κ1) is 15.4. The highest BCUT2D eigenvalue weighted by molar-refractivity contribution is 6.30. The van der Waals surface area contributed by atoms with Crippen LogP contribution in [0.2, 0.25) is 5.02 Å². The molecule has 0 saturated heterocycles. The van der Waals surface area contributed by atoms with Gasteiger partial charge in [0.2, 0.25) is 0 Å². The molecular formula is C16H18ClN3O. The van der Waals surface area contributed by atoms with Crippen LogP contribution < -0.4 is 16.0 Å². The predicted octanol–water partition coefficient (Wildman–Crippen LogP) is 4.26. The Morgan fingerprint density at radius 2 is 1.43 bits per heavy atom. The molecule has 5 heteroatoms. The molecule has 2 aromatic rings. The summed E-state index contributed by atoms with van der Waals surface area (Å²) in [6, 6.07) is 14.7. The average molecular weight is 304 g/mol. The van der Waals surface area contributed by atoms with E-state index in [-0.39, 0.29) is 12.1 Å². The molecule has 2 aromatic carbocycles. The molecule has 0 aromatic heterocycles. The van der Waals surface area contributed by atoms with Crippen LogP contribution in [0, 0.1) is 0 Å². The van der Waals surface area contributed by atoms with Crippen LogP contribution in [-0.4, -0.2) is 13.1 Å². The number of nitrogens with one attached hydrogen (secondary N) is 3. The summed E-state index contributed by atoms with van der Waals surface area (Å²) in [4.78, 5) is 11.9. The van der Waals surface area contributed by atoms with E-state index in [1.807, 2.05) is 31.3 Å². The summed E-state index contributed by atoms with van der Waals surface area (Å²) in [5, 5.41) is 9.33. The van der Waals surface area contributed by atoms with Crippen molar-refractivity contribution >= 4 is 29.0 Å². The summed E-state index contributed by atoms with van der Waals surface area (Å²) < 4.78 is 0. The zero-order valence-electron chi connectivity index (χ0n) is 12.0. The lowest BCUT2D eigenvalue weighted by atomic mass is 10.1. The highest BCUT2D eigenvalue weighted by Gasteiger charge is 2.05. The Morgan fingerprint density at radius 1 is 0.952 bits per heavy atom. The standard InChI is InChI=1S/C16H18ClN3O/c1-11(18-2)12-3-7-14(8-4-12)19-16(21)20-15-9-5-13(17)6-10-15/h3-11,18H,1-2H3,(H2,19,20,21). The van der Waals surface area contributed by atoms with Crippen molar-refractivity contribution in [2.75, 3.05) is 17.7 Å². The van der Waals surface area contributed by atoms with Gasteiger partial charge in [-0.05, 0) is 55.9 Å². The molecule has 0 fully saturated rings. The van der Waals surface area contributed by atoms with Crippen LogP contribution >= 0.6 is 11.6 Å². The number of benzene rings is 2. The summed E-state index contributed by atoms with van der Waals surface area (Å²) in [5.74, 6) is 0. The van der Waals surface area contributed by atoms with Crippen molar-refractivity contribution in [2.24, 2.45) is 0 Å². The number of amides is 2. The molecule has 0 bridgehead atoms. The number of anilines is 2. The van der Waals surface area contributed by atoms with Gasteiger partial charge in [0.05, 0.1) is 0 Å². The van der Waals surface area contributed by atoms with Gasteiger partial charge in [0.15, 0.2) is 0 Å². The van der Waals surface area contributed by atoms with Crippen LogP contribution in [0.3, 0.4) is 0 Å². The predicted molar refractivity (Wildman–Crippen MR) is 88.0 cm³/mol. The number of urea groups is 1.